The molecule has 0 saturated carbocycles. The van der Waals surface area contributed by atoms with Crippen molar-refractivity contribution >= 4 is 21.6 Å². The van der Waals surface area contributed by atoms with Gasteiger partial charge in [0.05, 0.1) is 23.3 Å². The minimum atomic E-state index is -3.71. The Bertz CT molecular complexity index is 1190. The van der Waals surface area contributed by atoms with Crippen LogP contribution in [0.5, 0.6) is 5.75 Å². The van der Waals surface area contributed by atoms with Gasteiger partial charge in [0, 0.05) is 31.7 Å². The van der Waals surface area contributed by atoms with E-state index < -0.39 is 15.9 Å². The number of carbonyl (C=O) groups is 1. The number of aromatic nitrogens is 3. The second-order valence-corrected chi connectivity index (χ2v) is 9.40. The molecule has 1 saturated heterocycles. The van der Waals surface area contributed by atoms with Gasteiger partial charge in [-0.25, -0.2) is 18.1 Å². The Kier molecular flexibility index (Phi) is 6.52. The second kappa shape index (κ2) is 9.49. The first kappa shape index (κ1) is 22.0. The van der Waals surface area contributed by atoms with Crippen LogP contribution in [-0.2, 0) is 10.0 Å². The molecule has 10 heteroatoms. The lowest BCUT2D eigenvalue weighted by molar-refractivity contribution is 0.102. The van der Waals surface area contributed by atoms with Gasteiger partial charge in [0.1, 0.15) is 5.75 Å². The van der Waals surface area contributed by atoms with E-state index in [1.54, 1.807) is 36.8 Å². The van der Waals surface area contributed by atoms with Gasteiger partial charge < -0.3 is 10.1 Å². The Hall–Kier alpha value is -3.24. The van der Waals surface area contributed by atoms with Gasteiger partial charge >= 0.3 is 0 Å². The zero-order valence-corrected chi connectivity index (χ0v) is 18.6. The fourth-order valence-electron chi connectivity index (χ4n) is 3.72. The molecule has 1 aliphatic heterocycles. The summed E-state index contributed by atoms with van der Waals surface area (Å²) in [7, 11) is -2.27. The molecular weight excluding hydrogens is 430 g/mol. The van der Waals surface area contributed by atoms with Crippen molar-refractivity contribution in [2.75, 3.05) is 25.5 Å². The van der Waals surface area contributed by atoms with Gasteiger partial charge in [-0.3, -0.25) is 4.79 Å². The Balaban J connectivity index is 1.66. The molecule has 0 spiro atoms. The Morgan fingerprint density at radius 2 is 1.84 bits per heavy atom. The molecule has 1 N–H and O–H groups in total. The van der Waals surface area contributed by atoms with Gasteiger partial charge in [0.25, 0.3) is 5.91 Å². The van der Waals surface area contributed by atoms with Crippen molar-refractivity contribution in [3.8, 4) is 11.6 Å². The molecule has 4 rings (SSSR count). The first-order valence-electron chi connectivity index (χ1n) is 10.5. The lowest BCUT2D eigenvalue weighted by Crippen LogP contribution is -2.32. The summed E-state index contributed by atoms with van der Waals surface area (Å²) in [6, 6.07) is 9.51. The van der Waals surface area contributed by atoms with Gasteiger partial charge in [-0.2, -0.15) is 9.40 Å². The van der Waals surface area contributed by atoms with E-state index in [-0.39, 0.29) is 16.2 Å². The molecule has 0 aliphatic carbocycles. The molecule has 9 nitrogen and oxygen atoms in total. The number of pyridine rings is 1. The normalized spacial score (nSPS) is 15.2. The SMILES string of the molecule is COc1ccc(S(=O)(=O)N2CCCCCC2)cc1C(=O)Nc1cccnc1-n1cccn1. The monoisotopic (exact) mass is 455 g/mol. The summed E-state index contributed by atoms with van der Waals surface area (Å²) >= 11 is 0. The van der Waals surface area contributed by atoms with Gasteiger partial charge in [-0.1, -0.05) is 12.8 Å². The largest absolute Gasteiger partial charge is 0.496 e. The third-order valence-corrected chi connectivity index (χ3v) is 7.27. The summed E-state index contributed by atoms with van der Waals surface area (Å²) in [5.74, 6) is 0.219. The Morgan fingerprint density at radius 3 is 2.53 bits per heavy atom. The predicted molar refractivity (Wildman–Crippen MR) is 120 cm³/mol. The number of amides is 1. The highest BCUT2D eigenvalue weighted by atomic mass is 32.2. The summed E-state index contributed by atoms with van der Waals surface area (Å²) in [5.41, 5.74) is 0.558. The number of hydrogen-bond donors (Lipinski definition) is 1. The molecule has 1 aromatic carbocycles. The van der Waals surface area contributed by atoms with Crippen LogP contribution in [0, 0.1) is 0 Å². The average Bonchev–Trinajstić information content (AvgIpc) is 3.20. The first-order valence-corrected chi connectivity index (χ1v) is 11.9. The fraction of sp³-hybridized carbons (Fsp3) is 0.318. The number of benzene rings is 1. The molecule has 3 heterocycles. The van der Waals surface area contributed by atoms with Crippen molar-refractivity contribution < 1.29 is 17.9 Å². The lowest BCUT2D eigenvalue weighted by Gasteiger charge is -2.21. The third-order valence-electron chi connectivity index (χ3n) is 5.37. The maximum atomic E-state index is 13.2. The minimum absolute atomic E-state index is 0.0730. The molecule has 3 aromatic rings. The van der Waals surface area contributed by atoms with Crippen molar-refractivity contribution in [1.82, 2.24) is 19.1 Å². The van der Waals surface area contributed by atoms with Gasteiger partial charge in [-0.05, 0) is 49.2 Å². The number of nitrogens with zero attached hydrogens (tertiary/aromatic N) is 4. The number of sulfonamides is 1. The van der Waals surface area contributed by atoms with Crippen molar-refractivity contribution in [3.05, 3.63) is 60.6 Å². The molecule has 168 valence electrons. The number of hydrogen-bond acceptors (Lipinski definition) is 6. The number of methoxy groups -OCH3 is 1. The van der Waals surface area contributed by atoms with Crippen LogP contribution in [0.1, 0.15) is 36.0 Å². The van der Waals surface area contributed by atoms with E-state index in [0.717, 1.165) is 25.7 Å². The summed E-state index contributed by atoms with van der Waals surface area (Å²) in [4.78, 5) is 17.5. The average molecular weight is 456 g/mol. The smallest absolute Gasteiger partial charge is 0.259 e. The van der Waals surface area contributed by atoms with Crippen LogP contribution >= 0.6 is 0 Å². The first-order chi connectivity index (χ1) is 15.5. The fourth-order valence-corrected chi connectivity index (χ4v) is 5.26. The summed E-state index contributed by atoms with van der Waals surface area (Å²) < 4.78 is 34.8. The highest BCUT2D eigenvalue weighted by Gasteiger charge is 2.27. The van der Waals surface area contributed by atoms with Crippen LogP contribution in [0.15, 0.2) is 59.9 Å². The maximum Gasteiger partial charge on any atom is 0.259 e. The van der Waals surface area contributed by atoms with Crippen LogP contribution in [0.4, 0.5) is 5.69 Å². The predicted octanol–water partition coefficient (Wildman–Crippen LogP) is 3.09. The van der Waals surface area contributed by atoms with E-state index in [4.69, 9.17) is 4.74 Å². The van der Waals surface area contributed by atoms with Crippen molar-refractivity contribution in [2.45, 2.75) is 30.6 Å². The standard InChI is InChI=1S/C22H25N5O4S/c1-31-20-10-9-17(32(29,30)26-13-4-2-3-5-14-26)16-18(20)22(28)25-19-8-6-11-23-21(19)27-15-7-12-24-27/h6-12,15-16H,2-5,13-14H2,1H3,(H,25,28). The zero-order valence-electron chi connectivity index (χ0n) is 17.8. The van der Waals surface area contributed by atoms with E-state index >= 15 is 0 Å². The van der Waals surface area contributed by atoms with Crippen LogP contribution in [0.2, 0.25) is 0 Å². The van der Waals surface area contributed by atoms with Crippen LogP contribution < -0.4 is 10.1 Å². The number of rotatable bonds is 6. The van der Waals surface area contributed by atoms with Gasteiger partial charge in [-0.15, -0.1) is 0 Å². The van der Waals surface area contributed by atoms with E-state index in [0.29, 0.717) is 24.6 Å². The Labute approximate surface area is 187 Å². The highest BCUT2D eigenvalue weighted by Crippen LogP contribution is 2.27. The van der Waals surface area contributed by atoms with E-state index in [1.165, 1.54) is 34.3 Å². The number of carbonyl (C=O) groups excluding carboxylic acids is 1. The molecule has 2 aromatic heterocycles. The van der Waals surface area contributed by atoms with E-state index in [1.807, 2.05) is 0 Å². The molecule has 0 unspecified atom stereocenters. The van der Waals surface area contributed by atoms with Crippen molar-refractivity contribution in [1.29, 1.82) is 0 Å². The molecule has 1 amide bonds. The number of nitrogens with one attached hydrogen (secondary N) is 1. The van der Waals surface area contributed by atoms with Crippen LogP contribution in [0.25, 0.3) is 5.82 Å². The van der Waals surface area contributed by atoms with Crippen LogP contribution in [-0.4, -0.2) is 53.6 Å². The summed E-state index contributed by atoms with van der Waals surface area (Å²) in [5, 5.41) is 6.97. The topological polar surface area (TPSA) is 106 Å². The molecule has 0 radical (unpaired) electrons. The van der Waals surface area contributed by atoms with Gasteiger partial charge in [0.2, 0.25) is 10.0 Å². The number of ether oxygens (including phenoxy) is 1. The maximum absolute atomic E-state index is 13.2. The van der Waals surface area contributed by atoms with Crippen LogP contribution in [0.3, 0.4) is 0 Å². The van der Waals surface area contributed by atoms with Gasteiger partial charge in [0.15, 0.2) is 5.82 Å². The molecule has 0 bridgehead atoms. The summed E-state index contributed by atoms with van der Waals surface area (Å²) in [6.45, 7) is 0.970. The third kappa shape index (κ3) is 4.51. The molecule has 1 aliphatic rings. The van der Waals surface area contributed by atoms with Crippen molar-refractivity contribution in [3.63, 3.8) is 0 Å². The molecule has 0 atom stereocenters. The van der Waals surface area contributed by atoms with E-state index in [9.17, 15) is 13.2 Å². The summed E-state index contributed by atoms with van der Waals surface area (Å²) in [6.07, 6.45) is 8.63. The Morgan fingerprint density at radius 1 is 1.06 bits per heavy atom. The van der Waals surface area contributed by atoms with E-state index in [2.05, 4.69) is 15.4 Å². The highest BCUT2D eigenvalue weighted by molar-refractivity contribution is 7.89. The quantitative estimate of drug-likeness (QED) is 0.612. The lowest BCUT2D eigenvalue weighted by atomic mass is 10.2. The molecule has 1 fully saturated rings. The minimum Gasteiger partial charge on any atom is -0.496 e. The zero-order chi connectivity index (χ0) is 22.6. The molecule has 32 heavy (non-hydrogen) atoms. The molecular formula is C22H25N5O4S. The van der Waals surface area contributed by atoms with Crippen molar-refractivity contribution in [2.24, 2.45) is 0 Å². The second-order valence-electron chi connectivity index (χ2n) is 7.46. The number of anilines is 1.